The lowest BCUT2D eigenvalue weighted by Gasteiger charge is -2.11. The first-order chi connectivity index (χ1) is 9.80. The highest BCUT2D eigenvalue weighted by atomic mass is 35.5. The first-order valence-electron chi connectivity index (χ1n) is 6.47. The van der Waals surface area contributed by atoms with Crippen LogP contribution >= 0.6 is 12.4 Å². The van der Waals surface area contributed by atoms with Crippen LogP contribution in [0.4, 0.5) is 8.78 Å². The largest absolute Gasteiger partial charge is 0.354 e. The molecule has 0 saturated carbocycles. The van der Waals surface area contributed by atoms with Crippen molar-refractivity contribution >= 4 is 28.2 Å². The van der Waals surface area contributed by atoms with Gasteiger partial charge in [0.25, 0.3) is 5.92 Å². The standard InChI is InChI=1S/C13H16F2N2O3S.ClH/c14-13(15)8-11(17-9-13)12(18)16-6-7-21(19,20)10-4-2-1-3-5-10;/h1-5,11,17H,6-9H2,(H,16,18);1H. The van der Waals surface area contributed by atoms with Crippen molar-refractivity contribution in [2.45, 2.75) is 23.3 Å². The smallest absolute Gasteiger partial charge is 0.262 e. The lowest BCUT2D eigenvalue weighted by atomic mass is 10.2. The number of nitrogens with one attached hydrogen (secondary N) is 2. The summed E-state index contributed by atoms with van der Waals surface area (Å²) >= 11 is 0. The summed E-state index contributed by atoms with van der Waals surface area (Å²) in [7, 11) is -3.49. The Morgan fingerprint density at radius 3 is 2.50 bits per heavy atom. The van der Waals surface area contributed by atoms with Gasteiger partial charge < -0.3 is 5.32 Å². The van der Waals surface area contributed by atoms with E-state index in [-0.39, 0.29) is 29.6 Å². The number of halogens is 3. The number of hydrogen-bond donors (Lipinski definition) is 2. The van der Waals surface area contributed by atoms with Crippen molar-refractivity contribution in [1.29, 1.82) is 0 Å². The Morgan fingerprint density at radius 2 is 1.95 bits per heavy atom. The van der Waals surface area contributed by atoms with E-state index in [1.165, 1.54) is 12.1 Å². The Hall–Kier alpha value is -1.25. The highest BCUT2D eigenvalue weighted by Gasteiger charge is 2.42. The maximum Gasteiger partial charge on any atom is 0.262 e. The molecule has 0 spiro atoms. The summed E-state index contributed by atoms with van der Waals surface area (Å²) in [4.78, 5) is 11.8. The average Bonchev–Trinajstić information content (AvgIpc) is 2.80. The second-order valence-corrected chi connectivity index (χ2v) is 7.03. The van der Waals surface area contributed by atoms with Gasteiger partial charge in [0.1, 0.15) is 0 Å². The zero-order chi connectivity index (χ0) is 15.5. The van der Waals surface area contributed by atoms with Gasteiger partial charge in [-0.05, 0) is 12.1 Å². The summed E-state index contributed by atoms with van der Waals surface area (Å²) in [5.74, 6) is -3.76. The Balaban J connectivity index is 0.00000242. The van der Waals surface area contributed by atoms with E-state index in [1.807, 2.05) is 0 Å². The van der Waals surface area contributed by atoms with Crippen molar-refractivity contribution in [3.63, 3.8) is 0 Å². The van der Waals surface area contributed by atoms with Crippen LogP contribution in [0.5, 0.6) is 0 Å². The van der Waals surface area contributed by atoms with Crippen molar-refractivity contribution < 1.29 is 22.0 Å². The molecule has 1 amide bonds. The highest BCUT2D eigenvalue weighted by molar-refractivity contribution is 7.91. The van der Waals surface area contributed by atoms with Crippen molar-refractivity contribution in [1.82, 2.24) is 10.6 Å². The number of alkyl halides is 2. The van der Waals surface area contributed by atoms with Gasteiger partial charge in [0, 0.05) is 13.0 Å². The minimum absolute atomic E-state index is 0. The molecule has 9 heteroatoms. The molecule has 1 fully saturated rings. The molecule has 0 aliphatic carbocycles. The molecule has 0 bridgehead atoms. The van der Waals surface area contributed by atoms with E-state index in [0.717, 1.165) is 0 Å². The van der Waals surface area contributed by atoms with E-state index in [2.05, 4.69) is 10.6 Å². The van der Waals surface area contributed by atoms with Gasteiger partial charge in [0.05, 0.1) is 23.2 Å². The summed E-state index contributed by atoms with van der Waals surface area (Å²) in [6, 6.07) is 6.88. The van der Waals surface area contributed by atoms with Gasteiger partial charge >= 0.3 is 0 Å². The Kier molecular flexibility index (Phi) is 6.27. The molecule has 1 heterocycles. The van der Waals surface area contributed by atoms with Crippen LogP contribution < -0.4 is 10.6 Å². The third-order valence-electron chi connectivity index (χ3n) is 3.20. The Bertz CT molecular complexity index is 611. The SMILES string of the molecule is Cl.O=C(NCCS(=O)(=O)c1ccccc1)C1CC(F)(F)CN1. The summed E-state index contributed by atoms with van der Waals surface area (Å²) in [5.41, 5.74) is 0. The van der Waals surface area contributed by atoms with Crippen molar-refractivity contribution in [2.24, 2.45) is 0 Å². The van der Waals surface area contributed by atoms with Crippen molar-refractivity contribution in [2.75, 3.05) is 18.8 Å². The summed E-state index contributed by atoms with van der Waals surface area (Å²) in [5, 5.41) is 4.79. The van der Waals surface area contributed by atoms with Gasteiger partial charge in [0.2, 0.25) is 5.91 Å². The van der Waals surface area contributed by atoms with Crippen LogP contribution in [0.1, 0.15) is 6.42 Å². The van der Waals surface area contributed by atoms with Crippen LogP contribution in [-0.4, -0.2) is 45.1 Å². The summed E-state index contributed by atoms with van der Waals surface area (Å²) in [6.07, 6.45) is -0.565. The Labute approximate surface area is 133 Å². The predicted molar refractivity (Wildman–Crippen MR) is 80.1 cm³/mol. The van der Waals surface area contributed by atoms with Gasteiger partial charge in [-0.15, -0.1) is 12.4 Å². The van der Waals surface area contributed by atoms with Crippen LogP contribution in [-0.2, 0) is 14.6 Å². The van der Waals surface area contributed by atoms with Crippen LogP contribution in [0.2, 0.25) is 0 Å². The highest BCUT2D eigenvalue weighted by Crippen LogP contribution is 2.24. The number of carbonyl (C=O) groups is 1. The molecule has 1 atom stereocenters. The number of rotatable bonds is 5. The molecule has 124 valence electrons. The third kappa shape index (κ3) is 4.89. The zero-order valence-electron chi connectivity index (χ0n) is 11.6. The maximum absolute atomic E-state index is 12.9. The second-order valence-electron chi connectivity index (χ2n) is 4.92. The minimum atomic E-state index is -3.49. The molecule has 1 aliphatic heterocycles. The molecular weight excluding hydrogens is 338 g/mol. The van der Waals surface area contributed by atoms with E-state index in [0.29, 0.717) is 0 Å². The maximum atomic E-state index is 12.9. The first-order valence-corrected chi connectivity index (χ1v) is 8.12. The second kappa shape index (κ2) is 7.34. The molecule has 1 aliphatic rings. The fourth-order valence-corrected chi connectivity index (χ4v) is 3.26. The number of benzene rings is 1. The third-order valence-corrected chi connectivity index (χ3v) is 4.93. The summed E-state index contributed by atoms with van der Waals surface area (Å²) in [6.45, 7) is -0.646. The average molecular weight is 355 g/mol. The van der Waals surface area contributed by atoms with E-state index in [4.69, 9.17) is 0 Å². The van der Waals surface area contributed by atoms with E-state index >= 15 is 0 Å². The fourth-order valence-electron chi connectivity index (χ4n) is 2.08. The fraction of sp³-hybridized carbons (Fsp3) is 0.462. The van der Waals surface area contributed by atoms with E-state index in [9.17, 15) is 22.0 Å². The molecule has 22 heavy (non-hydrogen) atoms. The van der Waals surface area contributed by atoms with Crippen LogP contribution in [0, 0.1) is 0 Å². The number of carbonyl (C=O) groups excluding carboxylic acids is 1. The molecule has 1 saturated heterocycles. The lowest BCUT2D eigenvalue weighted by molar-refractivity contribution is -0.123. The lowest BCUT2D eigenvalue weighted by Crippen LogP contribution is -2.42. The normalized spacial score (nSPS) is 20.2. The molecule has 2 rings (SSSR count). The molecule has 1 unspecified atom stereocenters. The minimum Gasteiger partial charge on any atom is -0.354 e. The Morgan fingerprint density at radius 1 is 1.32 bits per heavy atom. The molecule has 1 aromatic carbocycles. The molecule has 0 aromatic heterocycles. The molecule has 5 nitrogen and oxygen atoms in total. The van der Waals surface area contributed by atoms with E-state index < -0.39 is 40.7 Å². The number of amides is 1. The van der Waals surface area contributed by atoms with Gasteiger partial charge in [-0.2, -0.15) is 0 Å². The van der Waals surface area contributed by atoms with Crippen LogP contribution in [0.15, 0.2) is 35.2 Å². The predicted octanol–water partition coefficient (Wildman–Crippen LogP) is 0.995. The topological polar surface area (TPSA) is 75.3 Å². The molecule has 0 radical (unpaired) electrons. The van der Waals surface area contributed by atoms with Gasteiger partial charge in [-0.25, -0.2) is 17.2 Å². The van der Waals surface area contributed by atoms with Gasteiger partial charge in [0.15, 0.2) is 9.84 Å². The summed E-state index contributed by atoms with van der Waals surface area (Å²) < 4.78 is 49.8. The quantitative estimate of drug-likeness (QED) is 0.827. The zero-order valence-corrected chi connectivity index (χ0v) is 13.2. The van der Waals surface area contributed by atoms with Gasteiger partial charge in [-0.3, -0.25) is 10.1 Å². The van der Waals surface area contributed by atoms with Crippen LogP contribution in [0.25, 0.3) is 0 Å². The molecular formula is C13H17ClF2N2O3S. The first kappa shape index (κ1) is 18.8. The molecule has 1 aromatic rings. The van der Waals surface area contributed by atoms with E-state index in [1.54, 1.807) is 18.2 Å². The van der Waals surface area contributed by atoms with Crippen LogP contribution in [0.3, 0.4) is 0 Å². The number of sulfone groups is 1. The van der Waals surface area contributed by atoms with Gasteiger partial charge in [-0.1, -0.05) is 18.2 Å². The van der Waals surface area contributed by atoms with Crippen molar-refractivity contribution in [3.8, 4) is 0 Å². The monoisotopic (exact) mass is 354 g/mol. The number of hydrogen-bond acceptors (Lipinski definition) is 4. The van der Waals surface area contributed by atoms with Crippen molar-refractivity contribution in [3.05, 3.63) is 30.3 Å². The molecule has 2 N–H and O–H groups in total.